The molecule has 2 aliphatic rings. The van der Waals surface area contributed by atoms with Gasteiger partial charge >= 0.3 is 6.03 Å². The molecule has 0 spiro atoms. The molecule has 2 atom stereocenters. The normalized spacial score (nSPS) is 28.6. The summed E-state index contributed by atoms with van der Waals surface area (Å²) in [6.07, 6.45) is 8.56. The summed E-state index contributed by atoms with van der Waals surface area (Å²) in [6.45, 7) is 2.65. The lowest BCUT2D eigenvalue weighted by molar-refractivity contribution is 0.133. The predicted molar refractivity (Wildman–Crippen MR) is 79.3 cm³/mol. The third kappa shape index (κ3) is 4.63. The summed E-state index contributed by atoms with van der Waals surface area (Å²) < 4.78 is 0. The first kappa shape index (κ1) is 15.6. The molecule has 2 fully saturated rings. The average molecular weight is 283 g/mol. The van der Waals surface area contributed by atoms with Gasteiger partial charge in [0.25, 0.3) is 0 Å². The number of aliphatic hydroxyl groups excluding tert-OH is 1. The Bertz CT molecular complexity index is 305. The smallest absolute Gasteiger partial charge is 0.314 e. The summed E-state index contributed by atoms with van der Waals surface area (Å²) >= 11 is 0. The molecule has 2 rings (SSSR count). The number of carbonyl (C=O) groups excluding carboxylic acids is 1. The molecular weight excluding hydrogens is 254 g/mol. The number of rotatable bonds is 5. The van der Waals surface area contributed by atoms with Gasteiger partial charge in [0.1, 0.15) is 0 Å². The fraction of sp³-hybridized carbons (Fsp3) is 0.933. The van der Waals surface area contributed by atoms with Gasteiger partial charge in [-0.15, -0.1) is 0 Å². The Kier molecular flexibility index (Phi) is 6.10. The zero-order chi connectivity index (χ0) is 14.4. The van der Waals surface area contributed by atoms with Crippen LogP contribution in [-0.2, 0) is 0 Å². The Morgan fingerprint density at radius 1 is 1.20 bits per heavy atom. The van der Waals surface area contributed by atoms with E-state index in [0.717, 1.165) is 25.3 Å². The molecule has 2 unspecified atom stereocenters. The van der Waals surface area contributed by atoms with Crippen LogP contribution in [0.5, 0.6) is 0 Å². The highest BCUT2D eigenvalue weighted by molar-refractivity contribution is 5.72. The van der Waals surface area contributed by atoms with E-state index in [0.29, 0.717) is 25.0 Å². The van der Waals surface area contributed by atoms with E-state index in [1.165, 1.54) is 32.1 Å². The molecule has 5 nitrogen and oxygen atoms in total. The van der Waals surface area contributed by atoms with Gasteiger partial charge in [0.15, 0.2) is 0 Å². The first-order valence-electron chi connectivity index (χ1n) is 8.07. The molecule has 0 aromatic carbocycles. The second-order valence-corrected chi connectivity index (χ2v) is 6.47. The minimum absolute atomic E-state index is 0.187. The number of piperidine rings is 1. The van der Waals surface area contributed by atoms with E-state index < -0.39 is 0 Å². The van der Waals surface area contributed by atoms with Crippen LogP contribution in [-0.4, -0.2) is 48.3 Å². The molecule has 20 heavy (non-hydrogen) atoms. The first-order valence-corrected chi connectivity index (χ1v) is 8.07. The van der Waals surface area contributed by atoms with Gasteiger partial charge in [-0.05, 0) is 44.1 Å². The molecule has 1 aliphatic heterocycles. The van der Waals surface area contributed by atoms with Crippen LogP contribution in [0, 0.1) is 11.8 Å². The van der Waals surface area contributed by atoms with Crippen molar-refractivity contribution in [1.82, 2.24) is 10.2 Å². The monoisotopic (exact) mass is 283 g/mol. The molecule has 1 saturated carbocycles. The van der Waals surface area contributed by atoms with Crippen LogP contribution in [0.1, 0.15) is 44.9 Å². The van der Waals surface area contributed by atoms with Gasteiger partial charge in [0, 0.05) is 25.7 Å². The van der Waals surface area contributed by atoms with Crippen LogP contribution in [0.15, 0.2) is 0 Å². The number of urea groups is 1. The van der Waals surface area contributed by atoms with Crippen molar-refractivity contribution < 1.29 is 9.90 Å². The van der Waals surface area contributed by atoms with Gasteiger partial charge in [-0.25, -0.2) is 4.79 Å². The third-order valence-corrected chi connectivity index (χ3v) is 4.81. The third-order valence-electron chi connectivity index (χ3n) is 4.81. The Morgan fingerprint density at radius 2 is 1.95 bits per heavy atom. The molecule has 0 bridgehead atoms. The first-order chi connectivity index (χ1) is 9.69. The van der Waals surface area contributed by atoms with E-state index in [2.05, 4.69) is 5.32 Å². The minimum Gasteiger partial charge on any atom is -0.396 e. The standard InChI is InChI=1S/C15H29N3O2/c16-15(20)18-10-13(6-7-19)8-14(11-18)17-9-12-4-2-1-3-5-12/h12-14,17,19H,1-11H2,(H2,16,20). The second kappa shape index (κ2) is 7.84. The highest BCUT2D eigenvalue weighted by atomic mass is 16.3. The highest BCUT2D eigenvalue weighted by Gasteiger charge is 2.29. The number of nitrogens with one attached hydrogen (secondary N) is 1. The van der Waals surface area contributed by atoms with Crippen molar-refractivity contribution in [2.45, 2.75) is 51.0 Å². The van der Waals surface area contributed by atoms with Crippen molar-refractivity contribution in [3.8, 4) is 0 Å². The number of primary amides is 1. The number of hydrogen-bond donors (Lipinski definition) is 3. The quantitative estimate of drug-likeness (QED) is 0.712. The Hall–Kier alpha value is -0.810. The Balaban J connectivity index is 1.80. The van der Waals surface area contributed by atoms with Gasteiger partial charge in [-0.2, -0.15) is 0 Å². The van der Waals surface area contributed by atoms with Crippen LogP contribution >= 0.6 is 0 Å². The summed E-state index contributed by atoms with van der Waals surface area (Å²) in [4.78, 5) is 13.1. The number of carbonyl (C=O) groups is 1. The number of likely N-dealkylation sites (tertiary alicyclic amines) is 1. The van der Waals surface area contributed by atoms with E-state index >= 15 is 0 Å². The highest BCUT2D eigenvalue weighted by Crippen LogP contribution is 2.24. The van der Waals surface area contributed by atoms with Crippen LogP contribution in [0.4, 0.5) is 4.79 Å². The lowest BCUT2D eigenvalue weighted by Gasteiger charge is -2.38. The number of amides is 2. The zero-order valence-corrected chi connectivity index (χ0v) is 12.4. The lowest BCUT2D eigenvalue weighted by atomic mass is 9.88. The number of nitrogens with two attached hydrogens (primary N) is 1. The van der Waals surface area contributed by atoms with Gasteiger partial charge < -0.3 is 21.1 Å². The van der Waals surface area contributed by atoms with E-state index in [1.807, 2.05) is 0 Å². The lowest BCUT2D eigenvalue weighted by Crippen LogP contribution is -2.53. The van der Waals surface area contributed by atoms with E-state index in [4.69, 9.17) is 10.8 Å². The zero-order valence-electron chi connectivity index (χ0n) is 12.4. The SMILES string of the molecule is NC(=O)N1CC(CCO)CC(NCC2CCCCC2)C1. The average Bonchev–Trinajstić information content (AvgIpc) is 2.46. The molecule has 0 aromatic heterocycles. The Morgan fingerprint density at radius 3 is 2.60 bits per heavy atom. The van der Waals surface area contributed by atoms with Crippen molar-refractivity contribution in [3.63, 3.8) is 0 Å². The minimum atomic E-state index is -0.336. The maximum atomic E-state index is 11.4. The summed E-state index contributed by atoms with van der Waals surface area (Å²) in [7, 11) is 0. The molecule has 1 heterocycles. The summed E-state index contributed by atoms with van der Waals surface area (Å²) in [5.41, 5.74) is 5.42. The fourth-order valence-corrected chi connectivity index (χ4v) is 3.65. The molecule has 1 saturated heterocycles. The topological polar surface area (TPSA) is 78.6 Å². The van der Waals surface area contributed by atoms with Gasteiger partial charge in [-0.1, -0.05) is 19.3 Å². The summed E-state index contributed by atoms with van der Waals surface area (Å²) in [5.74, 6) is 1.16. The van der Waals surface area contributed by atoms with Crippen LogP contribution in [0.2, 0.25) is 0 Å². The molecule has 0 radical (unpaired) electrons. The van der Waals surface area contributed by atoms with Crippen molar-refractivity contribution in [3.05, 3.63) is 0 Å². The number of nitrogens with zero attached hydrogens (tertiary/aromatic N) is 1. The number of aliphatic hydroxyl groups is 1. The Labute approximate surface area is 121 Å². The number of hydrogen-bond acceptors (Lipinski definition) is 3. The molecule has 5 heteroatoms. The van der Waals surface area contributed by atoms with E-state index in [-0.39, 0.29) is 12.6 Å². The molecule has 2 amide bonds. The molecule has 116 valence electrons. The van der Waals surface area contributed by atoms with E-state index in [1.54, 1.807) is 4.90 Å². The van der Waals surface area contributed by atoms with Crippen molar-refractivity contribution in [2.75, 3.05) is 26.2 Å². The van der Waals surface area contributed by atoms with Crippen molar-refractivity contribution in [1.29, 1.82) is 0 Å². The van der Waals surface area contributed by atoms with Gasteiger partial charge in [0.2, 0.25) is 0 Å². The van der Waals surface area contributed by atoms with Gasteiger partial charge in [-0.3, -0.25) is 0 Å². The van der Waals surface area contributed by atoms with Crippen LogP contribution < -0.4 is 11.1 Å². The summed E-state index contributed by atoms with van der Waals surface area (Å²) in [6, 6.07) is -0.00756. The maximum Gasteiger partial charge on any atom is 0.314 e. The predicted octanol–water partition coefficient (Wildman–Crippen LogP) is 1.31. The molecular formula is C15H29N3O2. The van der Waals surface area contributed by atoms with E-state index in [9.17, 15) is 4.79 Å². The molecule has 0 aromatic rings. The second-order valence-electron chi connectivity index (χ2n) is 6.47. The van der Waals surface area contributed by atoms with Crippen molar-refractivity contribution >= 4 is 6.03 Å². The maximum absolute atomic E-state index is 11.4. The molecule has 4 N–H and O–H groups in total. The fourth-order valence-electron chi connectivity index (χ4n) is 3.65. The summed E-state index contributed by atoms with van der Waals surface area (Å²) in [5, 5.41) is 12.7. The van der Waals surface area contributed by atoms with Gasteiger partial charge in [0.05, 0.1) is 0 Å². The van der Waals surface area contributed by atoms with Crippen molar-refractivity contribution in [2.24, 2.45) is 17.6 Å². The largest absolute Gasteiger partial charge is 0.396 e. The van der Waals surface area contributed by atoms with Crippen LogP contribution in [0.3, 0.4) is 0 Å². The van der Waals surface area contributed by atoms with Crippen LogP contribution in [0.25, 0.3) is 0 Å². The molecule has 1 aliphatic carbocycles.